The second-order valence-electron chi connectivity index (χ2n) is 3.64. The molecule has 2 N–H and O–H groups in total. The van der Waals surface area contributed by atoms with Crippen molar-refractivity contribution in [1.82, 2.24) is 0 Å². The van der Waals surface area contributed by atoms with Crippen LogP contribution in [0.4, 0.5) is 0 Å². The number of rotatable bonds is 2. The topological polar surface area (TPSA) is 66.8 Å². The summed E-state index contributed by atoms with van der Waals surface area (Å²) in [5, 5.41) is 18.8. The van der Waals surface area contributed by atoms with Crippen LogP contribution in [0.3, 0.4) is 0 Å². The van der Waals surface area contributed by atoms with E-state index in [-0.39, 0.29) is 23.6 Å². The van der Waals surface area contributed by atoms with E-state index in [1.54, 1.807) is 12.1 Å². The van der Waals surface area contributed by atoms with Gasteiger partial charge in [0.05, 0.1) is 0 Å². The van der Waals surface area contributed by atoms with Crippen LogP contribution < -0.4 is 0 Å². The molecule has 0 amide bonds. The highest BCUT2D eigenvalue weighted by Crippen LogP contribution is 2.30. The van der Waals surface area contributed by atoms with Gasteiger partial charge in [-0.15, -0.1) is 0 Å². The first-order valence-corrected chi connectivity index (χ1v) is 4.86. The van der Waals surface area contributed by atoms with Gasteiger partial charge in [0.25, 0.3) is 0 Å². The van der Waals surface area contributed by atoms with Crippen LogP contribution in [0.2, 0.25) is 0 Å². The third-order valence-corrected chi connectivity index (χ3v) is 2.51. The van der Waals surface area contributed by atoms with Crippen molar-refractivity contribution in [2.24, 2.45) is 0 Å². The highest BCUT2D eigenvalue weighted by atomic mass is 16.5. The maximum atomic E-state index is 10.9. The van der Waals surface area contributed by atoms with Crippen molar-refractivity contribution < 1.29 is 19.7 Å². The molecule has 0 aromatic heterocycles. The molecular formula is C11H12O4. The van der Waals surface area contributed by atoms with E-state index in [4.69, 9.17) is 4.74 Å². The van der Waals surface area contributed by atoms with Crippen LogP contribution >= 0.6 is 0 Å². The minimum absolute atomic E-state index is 0.125. The van der Waals surface area contributed by atoms with Crippen LogP contribution in [0, 0.1) is 0 Å². The number of phenolic OH excluding ortho intramolecular Hbond substituents is 2. The van der Waals surface area contributed by atoms with Gasteiger partial charge in [-0.3, -0.25) is 4.79 Å². The molecule has 1 aliphatic rings. The molecule has 1 aliphatic heterocycles. The Hall–Kier alpha value is -1.71. The van der Waals surface area contributed by atoms with Gasteiger partial charge >= 0.3 is 5.97 Å². The Labute approximate surface area is 87.1 Å². The van der Waals surface area contributed by atoms with Crippen molar-refractivity contribution in [3.05, 3.63) is 23.8 Å². The number of aromatic hydroxyl groups is 2. The molecule has 1 fully saturated rings. The van der Waals surface area contributed by atoms with Crippen LogP contribution in [-0.2, 0) is 16.0 Å². The number of carbonyl (C=O) groups is 1. The summed E-state index contributed by atoms with van der Waals surface area (Å²) < 4.78 is 5.03. The van der Waals surface area contributed by atoms with E-state index in [9.17, 15) is 15.0 Å². The van der Waals surface area contributed by atoms with Crippen molar-refractivity contribution in [3.8, 4) is 11.5 Å². The molecule has 1 atom stereocenters. The lowest BCUT2D eigenvalue weighted by Gasteiger charge is -2.10. The van der Waals surface area contributed by atoms with Crippen LogP contribution in [0.5, 0.6) is 11.5 Å². The van der Waals surface area contributed by atoms with Crippen molar-refractivity contribution >= 4 is 5.97 Å². The Morgan fingerprint density at radius 1 is 1.40 bits per heavy atom. The molecule has 1 heterocycles. The van der Waals surface area contributed by atoms with E-state index in [0.717, 1.165) is 0 Å². The lowest BCUT2D eigenvalue weighted by Crippen LogP contribution is -2.10. The highest BCUT2D eigenvalue weighted by Gasteiger charge is 2.24. The van der Waals surface area contributed by atoms with Gasteiger partial charge in [0.1, 0.15) is 6.10 Å². The number of hydrogen-bond acceptors (Lipinski definition) is 4. The van der Waals surface area contributed by atoms with Crippen LogP contribution in [0.25, 0.3) is 0 Å². The number of cyclic esters (lactones) is 1. The van der Waals surface area contributed by atoms with Gasteiger partial charge in [-0.1, -0.05) is 12.1 Å². The molecule has 1 saturated heterocycles. The van der Waals surface area contributed by atoms with E-state index in [0.29, 0.717) is 24.8 Å². The minimum atomic E-state index is -0.195. The fraction of sp³-hybridized carbons (Fsp3) is 0.364. The van der Waals surface area contributed by atoms with E-state index in [1.165, 1.54) is 6.07 Å². The molecule has 4 nitrogen and oxygen atoms in total. The van der Waals surface area contributed by atoms with Gasteiger partial charge in [0, 0.05) is 18.4 Å². The molecule has 2 rings (SSSR count). The third-order valence-electron chi connectivity index (χ3n) is 2.51. The second-order valence-corrected chi connectivity index (χ2v) is 3.64. The molecule has 0 aliphatic carbocycles. The monoisotopic (exact) mass is 208 g/mol. The molecule has 1 unspecified atom stereocenters. The van der Waals surface area contributed by atoms with Crippen LogP contribution in [0.15, 0.2) is 18.2 Å². The molecule has 0 radical (unpaired) electrons. The summed E-state index contributed by atoms with van der Waals surface area (Å²) in [4.78, 5) is 10.9. The van der Waals surface area contributed by atoms with Gasteiger partial charge < -0.3 is 14.9 Å². The van der Waals surface area contributed by atoms with Crippen LogP contribution in [-0.4, -0.2) is 22.3 Å². The molecule has 15 heavy (non-hydrogen) atoms. The molecule has 1 aromatic carbocycles. The Bertz CT molecular complexity index is 386. The smallest absolute Gasteiger partial charge is 0.306 e. The Morgan fingerprint density at radius 2 is 2.20 bits per heavy atom. The van der Waals surface area contributed by atoms with Crippen LogP contribution in [0.1, 0.15) is 18.4 Å². The summed E-state index contributed by atoms with van der Waals surface area (Å²) in [5.74, 6) is -0.461. The molecule has 1 aromatic rings. The van der Waals surface area contributed by atoms with E-state index < -0.39 is 0 Å². The number of phenols is 2. The number of para-hydroxylation sites is 1. The predicted octanol–water partition coefficient (Wildman–Crippen LogP) is 1.35. The number of ether oxygens (including phenoxy) is 1. The first-order valence-electron chi connectivity index (χ1n) is 4.86. The zero-order valence-corrected chi connectivity index (χ0v) is 8.14. The average Bonchev–Trinajstić information content (AvgIpc) is 2.59. The summed E-state index contributed by atoms with van der Waals surface area (Å²) in [7, 11) is 0. The Morgan fingerprint density at radius 3 is 2.87 bits per heavy atom. The molecule has 0 bridgehead atoms. The molecule has 4 heteroatoms. The van der Waals surface area contributed by atoms with Gasteiger partial charge in [-0.25, -0.2) is 0 Å². The maximum absolute atomic E-state index is 10.9. The number of benzene rings is 1. The molecule has 0 spiro atoms. The van der Waals surface area contributed by atoms with E-state index in [1.807, 2.05) is 0 Å². The summed E-state index contributed by atoms with van der Waals surface area (Å²) >= 11 is 0. The SMILES string of the molecule is O=C1CCC(Cc2cccc(O)c2O)O1. The average molecular weight is 208 g/mol. The number of carbonyl (C=O) groups excluding carboxylic acids is 1. The largest absolute Gasteiger partial charge is 0.504 e. The van der Waals surface area contributed by atoms with Crippen molar-refractivity contribution in [2.45, 2.75) is 25.4 Å². The molecule has 80 valence electrons. The quantitative estimate of drug-likeness (QED) is 0.568. The number of esters is 1. The maximum Gasteiger partial charge on any atom is 0.306 e. The van der Waals surface area contributed by atoms with Gasteiger partial charge in [-0.2, -0.15) is 0 Å². The highest BCUT2D eigenvalue weighted by molar-refractivity contribution is 5.71. The van der Waals surface area contributed by atoms with Gasteiger partial charge in [0.15, 0.2) is 11.5 Å². The zero-order valence-electron chi connectivity index (χ0n) is 8.14. The van der Waals surface area contributed by atoms with Crippen molar-refractivity contribution in [3.63, 3.8) is 0 Å². The normalized spacial score (nSPS) is 20.3. The summed E-state index contributed by atoms with van der Waals surface area (Å²) in [5.41, 5.74) is 0.606. The Balaban J connectivity index is 2.11. The minimum Gasteiger partial charge on any atom is -0.504 e. The standard InChI is InChI=1S/C11H12O4/c12-9-3-1-2-7(11(9)14)6-8-4-5-10(13)15-8/h1-3,8,12,14H,4-6H2. The van der Waals surface area contributed by atoms with Gasteiger partial charge in [-0.05, 0) is 12.5 Å². The second kappa shape index (κ2) is 3.81. The summed E-state index contributed by atoms with van der Waals surface area (Å²) in [6, 6.07) is 4.78. The van der Waals surface area contributed by atoms with Gasteiger partial charge in [0.2, 0.25) is 0 Å². The third kappa shape index (κ3) is 2.03. The van der Waals surface area contributed by atoms with Crippen molar-refractivity contribution in [1.29, 1.82) is 0 Å². The number of hydrogen-bond donors (Lipinski definition) is 2. The fourth-order valence-corrected chi connectivity index (χ4v) is 1.71. The van der Waals surface area contributed by atoms with E-state index >= 15 is 0 Å². The molecule has 0 saturated carbocycles. The lowest BCUT2D eigenvalue weighted by atomic mass is 10.0. The van der Waals surface area contributed by atoms with Crippen molar-refractivity contribution in [2.75, 3.05) is 0 Å². The first kappa shape index (κ1) is 9.83. The lowest BCUT2D eigenvalue weighted by molar-refractivity contribution is -0.141. The predicted molar refractivity (Wildman–Crippen MR) is 52.6 cm³/mol. The molecular weight excluding hydrogens is 196 g/mol. The zero-order chi connectivity index (χ0) is 10.8. The van der Waals surface area contributed by atoms with E-state index in [2.05, 4.69) is 0 Å². The first-order chi connectivity index (χ1) is 7.16. The fourth-order valence-electron chi connectivity index (χ4n) is 1.71. The summed E-state index contributed by atoms with van der Waals surface area (Å²) in [6.45, 7) is 0. The Kier molecular flexibility index (Phi) is 2.49. The summed E-state index contributed by atoms with van der Waals surface area (Å²) in [6.07, 6.45) is 1.38.